The van der Waals surface area contributed by atoms with E-state index in [9.17, 15) is 79.5 Å². The molecule has 4 rings (SSSR count). The molecule has 32 nitrogen and oxygen atoms in total. The zero-order chi connectivity index (χ0) is 66.6. The van der Waals surface area contributed by atoms with E-state index >= 15 is 0 Å². The highest BCUT2D eigenvalue weighted by atomic mass is 16.7. The smallest absolute Gasteiger partial charge is 0.223 e. The van der Waals surface area contributed by atoms with Gasteiger partial charge in [-0.05, 0) is 72.1 Å². The minimum atomic E-state index is -1.50. The molecule has 2 heterocycles. The highest BCUT2D eigenvalue weighted by molar-refractivity contribution is 5.81. The highest BCUT2D eigenvalue weighted by Crippen LogP contribution is 2.33. The Balaban J connectivity index is 1.39. The molecule has 32 heteroatoms. The first-order valence-electron chi connectivity index (χ1n) is 31.1. The Kier molecular flexibility index (Phi) is 34.6. The van der Waals surface area contributed by atoms with Crippen LogP contribution in [0.4, 0.5) is 0 Å². The third-order valence-electron chi connectivity index (χ3n) is 16.0. The van der Waals surface area contributed by atoms with Crippen molar-refractivity contribution in [1.82, 2.24) is 37.2 Å². The van der Waals surface area contributed by atoms with Crippen LogP contribution in [0.3, 0.4) is 0 Å². The average Bonchev–Trinajstić information content (AvgIpc) is 1.09. The van der Waals surface area contributed by atoms with Crippen LogP contribution < -0.4 is 37.2 Å². The molecule has 0 spiro atoms. The lowest BCUT2D eigenvalue weighted by atomic mass is 9.79. The summed E-state index contributed by atoms with van der Waals surface area (Å²) in [5, 5.41) is 111. The van der Waals surface area contributed by atoms with Gasteiger partial charge in [0.15, 0.2) is 12.6 Å². The third kappa shape index (κ3) is 26.9. The molecular formula is C58H103N7O25. The number of hydrogen-bond acceptors (Lipinski definition) is 25. The molecule has 2 saturated heterocycles. The molecule has 0 radical (unpaired) electrons. The van der Waals surface area contributed by atoms with Crippen LogP contribution in [0.25, 0.3) is 0 Å². The van der Waals surface area contributed by atoms with Crippen LogP contribution >= 0.6 is 0 Å². The van der Waals surface area contributed by atoms with Crippen LogP contribution in [0, 0.1) is 11.8 Å². The van der Waals surface area contributed by atoms with Crippen molar-refractivity contribution in [1.29, 1.82) is 0 Å². The molecule has 7 amide bonds. The van der Waals surface area contributed by atoms with Crippen molar-refractivity contribution in [3.05, 3.63) is 0 Å². The number of aliphatic hydroxyl groups is 9. The van der Waals surface area contributed by atoms with Gasteiger partial charge in [-0.25, -0.2) is 0 Å². The summed E-state index contributed by atoms with van der Waals surface area (Å²) in [6.07, 6.45) is -12.3. The molecule has 4 fully saturated rings. The molecule has 16 N–H and O–H groups in total. The van der Waals surface area contributed by atoms with E-state index in [2.05, 4.69) is 37.2 Å². The predicted molar refractivity (Wildman–Crippen MR) is 314 cm³/mol. The van der Waals surface area contributed by atoms with Crippen molar-refractivity contribution in [3.8, 4) is 0 Å². The number of carbonyl (C=O) groups excluding carboxylic acids is 7. The van der Waals surface area contributed by atoms with Crippen molar-refractivity contribution < 1.29 is 122 Å². The molecule has 520 valence electrons. The first kappa shape index (κ1) is 78.0. The molecule has 15 unspecified atom stereocenters. The molecule has 4 aliphatic rings. The van der Waals surface area contributed by atoms with Gasteiger partial charge in [0.25, 0.3) is 0 Å². The second-order valence-corrected chi connectivity index (χ2v) is 24.3. The van der Waals surface area contributed by atoms with Gasteiger partial charge in [0.05, 0.1) is 103 Å². The molecule has 90 heavy (non-hydrogen) atoms. The van der Waals surface area contributed by atoms with Gasteiger partial charge in [-0.1, -0.05) is 0 Å². The van der Waals surface area contributed by atoms with Crippen LogP contribution in [0.1, 0.15) is 112 Å². The Morgan fingerprint density at radius 1 is 0.478 bits per heavy atom. The second kappa shape index (κ2) is 40.0. The number of ether oxygens (including phenoxy) is 9. The van der Waals surface area contributed by atoms with E-state index in [1.165, 1.54) is 20.8 Å². The van der Waals surface area contributed by atoms with Crippen LogP contribution in [-0.4, -0.2) is 289 Å². The van der Waals surface area contributed by atoms with Crippen molar-refractivity contribution in [3.63, 3.8) is 0 Å². The Bertz CT molecular complexity index is 1980. The second-order valence-electron chi connectivity index (χ2n) is 24.3. The molecule has 0 aromatic heterocycles. The minimum absolute atomic E-state index is 0.00212. The van der Waals surface area contributed by atoms with E-state index in [-0.39, 0.29) is 136 Å². The summed E-state index contributed by atoms with van der Waals surface area (Å²) in [5.74, 6) is -4.18. The molecular weight excluding hydrogens is 1190 g/mol. The predicted octanol–water partition coefficient (Wildman–Crippen LogP) is -5.50. The fourth-order valence-electron chi connectivity index (χ4n) is 11.3. The van der Waals surface area contributed by atoms with Crippen LogP contribution in [0.2, 0.25) is 0 Å². The number of nitrogens with one attached hydrogen (secondary N) is 7. The van der Waals surface area contributed by atoms with Gasteiger partial charge in [0.2, 0.25) is 41.4 Å². The van der Waals surface area contributed by atoms with Crippen LogP contribution in [-0.2, 0) is 76.2 Å². The summed E-state index contributed by atoms with van der Waals surface area (Å²) in [4.78, 5) is 90.7. The van der Waals surface area contributed by atoms with Gasteiger partial charge >= 0.3 is 0 Å². The number of aliphatic hydroxyl groups excluding tert-OH is 9. The monoisotopic (exact) mass is 1300 g/mol. The van der Waals surface area contributed by atoms with E-state index in [1.54, 1.807) is 0 Å². The lowest BCUT2D eigenvalue weighted by molar-refractivity contribution is -0.272. The molecule has 0 aromatic rings. The van der Waals surface area contributed by atoms with Gasteiger partial charge in [-0.15, -0.1) is 0 Å². The van der Waals surface area contributed by atoms with Gasteiger partial charge in [-0.2, -0.15) is 0 Å². The summed E-state index contributed by atoms with van der Waals surface area (Å²) in [6, 6.07) is -3.22. The normalized spacial score (nSPS) is 30.3. The number of amides is 7. The maximum absolute atomic E-state index is 14.4. The van der Waals surface area contributed by atoms with E-state index in [1.807, 2.05) is 20.8 Å². The SMILES string of the molecule is CC(=O)NC1C(OCCOCCNC(=O)CCC(CCC(=O)NCCOCCOC2OC(CO)C(O)C(O)C2NC(C)=O)(CCC(=O)NCCOCCOC2OC(CO)C(O)C(O)C2NC(C)=O)NC(=O)C2CCC(OC(C)(C)C)CC2)CC(CO)C(O)C1O. The van der Waals surface area contributed by atoms with E-state index in [0.29, 0.717) is 25.7 Å². The maximum atomic E-state index is 14.4. The maximum Gasteiger partial charge on any atom is 0.223 e. The summed E-state index contributed by atoms with van der Waals surface area (Å²) in [7, 11) is 0. The number of hydrogen-bond donors (Lipinski definition) is 16. The Labute approximate surface area is 525 Å². The standard InChI is InChI=1S/C58H103N7O25/c1-33(69)62-45-39(29-37(30-66)48(75)51(45)78)85-26-23-82-20-17-59-42(72)11-14-58(65-54(81)36-7-9-38(10-8-36)90-57(4,5)6,15-12-43(73)60-18-21-83-24-27-86-55-46(63-34(2)70)52(79)49(76)40(31-67)88-55)16-13-44(74)61-19-22-84-25-28-87-56-47(64-35(3)71)53(80)50(77)41(32-68)89-56/h36-41,45-53,55-56,66-68,75-80H,7-32H2,1-6H3,(H,59,72)(H,60,73)(H,61,74)(H,62,69)(H,63,70)(H,64,71)(H,65,81). The minimum Gasteiger partial charge on any atom is -0.396 e. The molecule has 0 aromatic carbocycles. The van der Waals surface area contributed by atoms with Crippen molar-refractivity contribution in [2.45, 2.75) is 215 Å². The molecule has 2 aliphatic heterocycles. The Hall–Kier alpha value is -4.43. The lowest BCUT2D eigenvalue weighted by Gasteiger charge is -2.42. The van der Waals surface area contributed by atoms with E-state index in [4.69, 9.17) is 42.6 Å². The van der Waals surface area contributed by atoms with Crippen molar-refractivity contribution >= 4 is 41.4 Å². The first-order valence-corrected chi connectivity index (χ1v) is 31.1. The van der Waals surface area contributed by atoms with Crippen molar-refractivity contribution in [2.24, 2.45) is 11.8 Å². The molecule has 2 saturated carbocycles. The zero-order valence-corrected chi connectivity index (χ0v) is 52.8. The zero-order valence-electron chi connectivity index (χ0n) is 52.8. The molecule has 15 atom stereocenters. The molecule has 0 bridgehead atoms. The summed E-state index contributed by atoms with van der Waals surface area (Å²) < 4.78 is 51.6. The first-order chi connectivity index (χ1) is 42.7. The van der Waals surface area contributed by atoms with Gasteiger partial charge in [0.1, 0.15) is 54.8 Å². The van der Waals surface area contributed by atoms with E-state index < -0.39 is 164 Å². The summed E-state index contributed by atoms with van der Waals surface area (Å²) in [5.41, 5.74) is -1.68. The van der Waals surface area contributed by atoms with Gasteiger partial charge in [0, 0.05) is 83.6 Å². The van der Waals surface area contributed by atoms with E-state index in [0.717, 1.165) is 0 Å². The van der Waals surface area contributed by atoms with Crippen LogP contribution in [0.15, 0.2) is 0 Å². The number of rotatable bonds is 39. The summed E-state index contributed by atoms with van der Waals surface area (Å²) in [6.45, 7) is 7.96. The third-order valence-corrected chi connectivity index (χ3v) is 16.0. The Morgan fingerprint density at radius 2 is 0.867 bits per heavy atom. The number of carbonyl (C=O) groups is 7. The highest BCUT2D eigenvalue weighted by Gasteiger charge is 2.48. The largest absolute Gasteiger partial charge is 0.396 e. The quantitative estimate of drug-likeness (QED) is 0.0255. The lowest BCUT2D eigenvalue weighted by Crippen LogP contribution is -2.64. The van der Waals surface area contributed by atoms with Crippen molar-refractivity contribution in [2.75, 3.05) is 98.9 Å². The van der Waals surface area contributed by atoms with Gasteiger partial charge < -0.3 is 126 Å². The summed E-state index contributed by atoms with van der Waals surface area (Å²) >= 11 is 0. The van der Waals surface area contributed by atoms with Gasteiger partial charge in [-0.3, -0.25) is 33.6 Å². The average molecular weight is 1300 g/mol. The topological polar surface area (TPSA) is 469 Å². The van der Waals surface area contributed by atoms with Crippen LogP contribution in [0.5, 0.6) is 0 Å². The Morgan fingerprint density at radius 3 is 1.24 bits per heavy atom. The fourth-order valence-corrected chi connectivity index (χ4v) is 11.3. The molecule has 2 aliphatic carbocycles. The fraction of sp³-hybridized carbons (Fsp3) is 0.879.